The van der Waals surface area contributed by atoms with Gasteiger partial charge in [0, 0.05) is 44.6 Å². The smallest absolute Gasteiger partial charge is 0.274 e. The van der Waals surface area contributed by atoms with Crippen LogP contribution in [0.5, 0.6) is 0 Å². The fourth-order valence-corrected chi connectivity index (χ4v) is 4.03. The molecule has 0 unspecified atom stereocenters. The summed E-state index contributed by atoms with van der Waals surface area (Å²) in [4.78, 5) is 19.3. The van der Waals surface area contributed by atoms with Crippen LogP contribution < -0.4 is 0 Å². The molecule has 0 bridgehead atoms. The quantitative estimate of drug-likeness (QED) is 0.659. The van der Waals surface area contributed by atoms with Crippen molar-refractivity contribution in [2.24, 2.45) is 7.05 Å². The van der Waals surface area contributed by atoms with Crippen LogP contribution in [0.2, 0.25) is 0 Å². The largest absolute Gasteiger partial charge is 0.392 e. The Labute approximate surface area is 180 Å². The normalized spacial score (nSPS) is 14.5. The summed E-state index contributed by atoms with van der Waals surface area (Å²) in [5, 5.41) is 9.66. The van der Waals surface area contributed by atoms with Gasteiger partial charge in [-0.2, -0.15) is 0 Å². The highest BCUT2D eigenvalue weighted by atomic mass is 19.1. The summed E-state index contributed by atoms with van der Waals surface area (Å²) in [5.41, 5.74) is 2.93. The zero-order valence-corrected chi connectivity index (χ0v) is 17.5. The molecule has 7 heteroatoms. The molecule has 1 N–H and O–H groups in total. The Morgan fingerprint density at radius 1 is 1.23 bits per heavy atom. The zero-order valence-electron chi connectivity index (χ0n) is 17.5. The minimum atomic E-state index is -0.363. The molecule has 162 valence electrons. The molecule has 3 aromatic rings. The molecule has 1 fully saturated rings. The topological polar surface area (TPSA) is 67.6 Å². The lowest BCUT2D eigenvalue weighted by molar-refractivity contribution is 0.0264. The molecule has 1 amide bonds. The van der Waals surface area contributed by atoms with Gasteiger partial charge in [0.25, 0.3) is 5.91 Å². The number of nitrogens with zero attached hydrogens (tertiary/aromatic N) is 3. The molecule has 1 saturated heterocycles. The Bertz CT molecular complexity index is 1060. The fraction of sp³-hybridized carbons (Fsp3) is 0.333. The van der Waals surface area contributed by atoms with Crippen molar-refractivity contribution in [3.63, 3.8) is 0 Å². The van der Waals surface area contributed by atoms with Crippen LogP contribution in [0.4, 0.5) is 4.39 Å². The number of aromatic nitrogens is 2. The molecule has 1 aliphatic heterocycles. The lowest BCUT2D eigenvalue weighted by Crippen LogP contribution is -2.43. The van der Waals surface area contributed by atoms with Gasteiger partial charge in [-0.25, -0.2) is 9.37 Å². The Hall–Kier alpha value is -3.03. The molecule has 4 rings (SSSR count). The number of aryl methyl sites for hydroxylation is 1. The van der Waals surface area contributed by atoms with Crippen LogP contribution >= 0.6 is 0 Å². The third-order valence-electron chi connectivity index (χ3n) is 5.68. The predicted octanol–water partition coefficient (Wildman–Crippen LogP) is 3.54. The third kappa shape index (κ3) is 4.68. The van der Waals surface area contributed by atoms with Crippen LogP contribution in [-0.4, -0.2) is 44.7 Å². The van der Waals surface area contributed by atoms with Crippen molar-refractivity contribution in [1.29, 1.82) is 0 Å². The molecule has 6 nitrogen and oxygen atoms in total. The highest BCUT2D eigenvalue weighted by Crippen LogP contribution is 2.29. The van der Waals surface area contributed by atoms with E-state index in [4.69, 9.17) is 4.74 Å². The molecular formula is C24H26FN3O3. The van der Waals surface area contributed by atoms with Crippen LogP contribution in [0.25, 0.3) is 11.1 Å². The van der Waals surface area contributed by atoms with Gasteiger partial charge in [-0.05, 0) is 41.7 Å². The number of hydrogen-bond acceptors (Lipinski definition) is 4. The summed E-state index contributed by atoms with van der Waals surface area (Å²) in [5.74, 6) is -0.507. The molecule has 0 atom stereocenters. The Morgan fingerprint density at radius 2 is 2.00 bits per heavy atom. The van der Waals surface area contributed by atoms with Gasteiger partial charge < -0.3 is 19.3 Å². The van der Waals surface area contributed by atoms with Gasteiger partial charge in [0.05, 0.1) is 12.9 Å². The van der Waals surface area contributed by atoms with E-state index in [0.29, 0.717) is 42.1 Å². The molecule has 0 radical (unpaired) electrons. The van der Waals surface area contributed by atoms with Gasteiger partial charge in [-0.1, -0.05) is 30.3 Å². The van der Waals surface area contributed by atoms with Crippen LogP contribution in [-0.2, 0) is 24.9 Å². The standard InChI is InChI=1S/C24H26FN3O3/c1-27-14-23(26-16-27)24(30)28(19-8-10-31-11-9-19)13-17-6-7-22(25)21(12-17)20-5-3-2-4-18(20)15-29/h2-7,12,14,16,19,29H,8-11,13,15H2,1H3. The van der Waals surface area contributed by atoms with Crippen LogP contribution in [0.15, 0.2) is 55.0 Å². The third-order valence-corrected chi connectivity index (χ3v) is 5.68. The zero-order chi connectivity index (χ0) is 21.8. The first-order valence-electron chi connectivity index (χ1n) is 10.4. The number of rotatable bonds is 6. The maximum Gasteiger partial charge on any atom is 0.274 e. The first-order valence-corrected chi connectivity index (χ1v) is 10.4. The number of ether oxygens (including phenoxy) is 1. The van der Waals surface area contributed by atoms with E-state index in [-0.39, 0.29) is 24.4 Å². The van der Waals surface area contributed by atoms with Gasteiger partial charge in [-0.3, -0.25) is 4.79 Å². The molecule has 1 aromatic heterocycles. The summed E-state index contributed by atoms with van der Waals surface area (Å²) in [7, 11) is 1.83. The lowest BCUT2D eigenvalue weighted by atomic mass is 9.97. The highest BCUT2D eigenvalue weighted by molar-refractivity contribution is 5.92. The van der Waals surface area contributed by atoms with Crippen molar-refractivity contribution in [3.05, 3.63) is 77.6 Å². The molecule has 1 aliphatic rings. The second-order valence-corrected chi connectivity index (χ2v) is 7.83. The van der Waals surface area contributed by atoms with E-state index in [0.717, 1.165) is 18.4 Å². The van der Waals surface area contributed by atoms with Crippen molar-refractivity contribution < 1.29 is 19.0 Å². The minimum absolute atomic E-state index is 0.0292. The summed E-state index contributed by atoms with van der Waals surface area (Å²) in [6.45, 7) is 1.38. The lowest BCUT2D eigenvalue weighted by Gasteiger charge is -2.34. The second-order valence-electron chi connectivity index (χ2n) is 7.83. The summed E-state index contributed by atoms with van der Waals surface area (Å²) >= 11 is 0. The number of carbonyl (C=O) groups is 1. The highest BCUT2D eigenvalue weighted by Gasteiger charge is 2.28. The van der Waals surface area contributed by atoms with Gasteiger partial charge in [0.1, 0.15) is 11.5 Å². The van der Waals surface area contributed by atoms with Crippen LogP contribution in [0.1, 0.15) is 34.5 Å². The summed E-state index contributed by atoms with van der Waals surface area (Å²) in [6, 6.07) is 12.1. The van der Waals surface area contributed by atoms with E-state index in [9.17, 15) is 14.3 Å². The van der Waals surface area contributed by atoms with E-state index in [1.54, 1.807) is 41.4 Å². The first kappa shape index (κ1) is 21.2. The number of aliphatic hydroxyl groups excluding tert-OH is 1. The van der Waals surface area contributed by atoms with Crippen LogP contribution in [0.3, 0.4) is 0 Å². The first-order chi connectivity index (χ1) is 15.1. The van der Waals surface area contributed by atoms with E-state index in [1.165, 1.54) is 6.07 Å². The second kappa shape index (κ2) is 9.41. The molecule has 31 heavy (non-hydrogen) atoms. The maximum absolute atomic E-state index is 14.7. The number of benzene rings is 2. The number of amides is 1. The fourth-order valence-electron chi connectivity index (χ4n) is 4.03. The van der Waals surface area contributed by atoms with Gasteiger partial charge in [0.15, 0.2) is 0 Å². The van der Waals surface area contributed by atoms with Crippen LogP contribution in [0, 0.1) is 5.82 Å². The van der Waals surface area contributed by atoms with Gasteiger partial charge >= 0.3 is 0 Å². The van der Waals surface area contributed by atoms with E-state index >= 15 is 0 Å². The van der Waals surface area contributed by atoms with Gasteiger partial charge in [-0.15, -0.1) is 0 Å². The molecule has 0 saturated carbocycles. The number of hydrogen-bond donors (Lipinski definition) is 1. The SMILES string of the molecule is Cn1cnc(C(=O)N(Cc2ccc(F)c(-c3ccccc3CO)c2)C2CCOCC2)c1. The maximum atomic E-state index is 14.7. The molecule has 2 heterocycles. The number of aliphatic hydroxyl groups is 1. The van der Waals surface area contributed by atoms with Gasteiger partial charge in [0.2, 0.25) is 0 Å². The van der Waals surface area contributed by atoms with E-state index < -0.39 is 0 Å². The minimum Gasteiger partial charge on any atom is -0.392 e. The molecule has 0 spiro atoms. The Morgan fingerprint density at radius 3 is 2.71 bits per heavy atom. The van der Waals surface area contributed by atoms with E-state index in [2.05, 4.69) is 4.98 Å². The molecule has 0 aliphatic carbocycles. The Balaban J connectivity index is 1.67. The molecule has 2 aromatic carbocycles. The van der Waals surface area contributed by atoms with E-state index in [1.807, 2.05) is 24.1 Å². The van der Waals surface area contributed by atoms with Crippen molar-refractivity contribution in [1.82, 2.24) is 14.5 Å². The number of carbonyl (C=O) groups excluding carboxylic acids is 1. The number of imidazole rings is 1. The monoisotopic (exact) mass is 423 g/mol. The average molecular weight is 423 g/mol. The predicted molar refractivity (Wildman–Crippen MR) is 115 cm³/mol. The number of halogens is 1. The average Bonchev–Trinajstić information content (AvgIpc) is 3.25. The van der Waals surface area contributed by atoms with Crippen molar-refractivity contribution >= 4 is 5.91 Å². The Kier molecular flexibility index (Phi) is 6.44. The van der Waals surface area contributed by atoms with Crippen molar-refractivity contribution in [2.45, 2.75) is 32.0 Å². The van der Waals surface area contributed by atoms with Crippen molar-refractivity contribution in [2.75, 3.05) is 13.2 Å². The van der Waals surface area contributed by atoms with Crippen molar-refractivity contribution in [3.8, 4) is 11.1 Å². The summed E-state index contributed by atoms with van der Waals surface area (Å²) < 4.78 is 21.9. The summed E-state index contributed by atoms with van der Waals surface area (Å²) in [6.07, 6.45) is 4.82. The molecular weight excluding hydrogens is 397 g/mol.